The van der Waals surface area contributed by atoms with Crippen LogP contribution in [0.25, 0.3) is 0 Å². The first-order valence-electron chi connectivity index (χ1n) is 13.5. The van der Waals surface area contributed by atoms with Crippen molar-refractivity contribution in [1.82, 2.24) is 0 Å². The molecule has 0 saturated heterocycles. The minimum atomic E-state index is -4.12. The van der Waals surface area contributed by atoms with Gasteiger partial charge in [-0.05, 0) is 56.7 Å². The van der Waals surface area contributed by atoms with Crippen LogP contribution in [-0.4, -0.2) is 24.3 Å². The van der Waals surface area contributed by atoms with E-state index in [1.807, 2.05) is 6.07 Å². The van der Waals surface area contributed by atoms with Crippen LogP contribution in [0.4, 0.5) is 0 Å². The van der Waals surface area contributed by atoms with Gasteiger partial charge < -0.3 is 4.74 Å². The summed E-state index contributed by atoms with van der Waals surface area (Å²) in [6.07, 6.45) is 19.4. The average molecular weight is 483 g/mol. The zero-order chi connectivity index (χ0) is 24.5. The number of ether oxygens (including phenoxy) is 1. The van der Waals surface area contributed by atoms with Gasteiger partial charge in [0.15, 0.2) is 0 Å². The van der Waals surface area contributed by atoms with Crippen molar-refractivity contribution in [2.75, 3.05) is 0 Å². The molecule has 4 nitrogen and oxygen atoms in total. The largest absolute Gasteiger partial charge is 0.489 e. The molecular formula is C28H50O4S. The molecule has 2 unspecified atom stereocenters. The van der Waals surface area contributed by atoms with Gasteiger partial charge in [0.05, 0.1) is 0 Å². The van der Waals surface area contributed by atoms with Crippen LogP contribution in [0.15, 0.2) is 18.2 Å². The van der Waals surface area contributed by atoms with E-state index in [-0.39, 0.29) is 0 Å². The summed E-state index contributed by atoms with van der Waals surface area (Å²) < 4.78 is 38.5. The van der Waals surface area contributed by atoms with E-state index in [2.05, 4.69) is 26.0 Å². The van der Waals surface area contributed by atoms with Crippen molar-refractivity contribution >= 4 is 10.1 Å². The van der Waals surface area contributed by atoms with Crippen LogP contribution >= 0.6 is 0 Å². The number of aryl methyl sites for hydroxylation is 2. The van der Waals surface area contributed by atoms with E-state index in [4.69, 9.17) is 4.74 Å². The quantitative estimate of drug-likeness (QED) is 0.150. The molecule has 0 saturated carbocycles. The first-order chi connectivity index (χ1) is 15.8. The predicted octanol–water partition coefficient (Wildman–Crippen LogP) is 8.32. The van der Waals surface area contributed by atoms with Gasteiger partial charge in [-0.3, -0.25) is 4.55 Å². The highest BCUT2D eigenvalue weighted by Crippen LogP contribution is 2.26. The maximum Gasteiger partial charge on any atom is 0.271 e. The second kappa shape index (κ2) is 17.4. The lowest BCUT2D eigenvalue weighted by molar-refractivity contribution is 0.212. The van der Waals surface area contributed by atoms with Gasteiger partial charge in [-0.1, -0.05) is 103 Å². The molecule has 0 spiro atoms. The highest BCUT2D eigenvalue weighted by atomic mass is 32.2. The van der Waals surface area contributed by atoms with Crippen LogP contribution in [0.3, 0.4) is 0 Å². The van der Waals surface area contributed by atoms with E-state index in [0.717, 1.165) is 25.0 Å². The summed E-state index contributed by atoms with van der Waals surface area (Å²) >= 11 is 0. The van der Waals surface area contributed by atoms with E-state index < -0.39 is 21.5 Å². The Kier molecular flexibility index (Phi) is 15.8. The van der Waals surface area contributed by atoms with E-state index >= 15 is 0 Å². The number of rotatable bonds is 20. The fourth-order valence-corrected chi connectivity index (χ4v) is 4.74. The standard InChI is InChI=1S/C28H50O4S/c1-5-7-9-11-13-15-17-19-26-21-22-28(32-24(3)25(4)33(29,30)31)27(23-26)20-18-16-14-12-10-8-6-2/h21-25H,5-20H2,1-4H3,(H,29,30,31). The number of benzene rings is 1. The molecule has 1 aromatic rings. The minimum absolute atomic E-state index is 0.609. The summed E-state index contributed by atoms with van der Waals surface area (Å²) in [7, 11) is -4.12. The Balaban J connectivity index is 2.68. The highest BCUT2D eigenvalue weighted by Gasteiger charge is 2.26. The first-order valence-corrected chi connectivity index (χ1v) is 15.0. The molecule has 1 aromatic carbocycles. The van der Waals surface area contributed by atoms with E-state index in [9.17, 15) is 13.0 Å². The van der Waals surface area contributed by atoms with Crippen molar-refractivity contribution in [3.63, 3.8) is 0 Å². The first kappa shape index (κ1) is 30.0. The highest BCUT2D eigenvalue weighted by molar-refractivity contribution is 7.86. The van der Waals surface area contributed by atoms with E-state index in [1.165, 1.54) is 102 Å². The number of unbranched alkanes of at least 4 members (excludes halogenated alkanes) is 12. The molecule has 192 valence electrons. The molecule has 0 aliphatic heterocycles. The van der Waals surface area contributed by atoms with Crippen LogP contribution in [0.2, 0.25) is 0 Å². The molecule has 0 heterocycles. The van der Waals surface area contributed by atoms with Gasteiger partial charge >= 0.3 is 0 Å². The SMILES string of the molecule is CCCCCCCCCc1ccc(OC(C)C(C)S(=O)(=O)O)c(CCCCCCCCC)c1. The van der Waals surface area contributed by atoms with Crippen LogP contribution in [0, 0.1) is 0 Å². The molecular weight excluding hydrogens is 432 g/mol. The smallest absolute Gasteiger partial charge is 0.271 e. The van der Waals surface area contributed by atoms with Gasteiger partial charge in [0.1, 0.15) is 17.1 Å². The summed E-state index contributed by atoms with van der Waals surface area (Å²) in [6, 6.07) is 6.38. The maximum absolute atomic E-state index is 11.5. The topological polar surface area (TPSA) is 63.6 Å². The van der Waals surface area contributed by atoms with Crippen LogP contribution < -0.4 is 4.74 Å². The zero-order valence-corrected chi connectivity index (χ0v) is 22.6. The third-order valence-corrected chi connectivity index (χ3v) is 8.01. The Morgan fingerprint density at radius 1 is 0.758 bits per heavy atom. The average Bonchev–Trinajstić information content (AvgIpc) is 2.78. The number of hydrogen-bond donors (Lipinski definition) is 1. The molecule has 0 aliphatic carbocycles. The predicted molar refractivity (Wildman–Crippen MR) is 141 cm³/mol. The van der Waals surface area contributed by atoms with Crippen molar-refractivity contribution in [2.24, 2.45) is 0 Å². The zero-order valence-electron chi connectivity index (χ0n) is 21.8. The van der Waals surface area contributed by atoms with Gasteiger partial charge in [-0.2, -0.15) is 8.42 Å². The lowest BCUT2D eigenvalue weighted by Crippen LogP contribution is -2.33. The van der Waals surface area contributed by atoms with Crippen molar-refractivity contribution in [2.45, 2.75) is 142 Å². The monoisotopic (exact) mass is 482 g/mol. The fourth-order valence-electron chi connectivity index (χ4n) is 4.20. The van der Waals surface area contributed by atoms with Crippen molar-refractivity contribution in [3.05, 3.63) is 29.3 Å². The van der Waals surface area contributed by atoms with Gasteiger partial charge in [0.25, 0.3) is 10.1 Å². The van der Waals surface area contributed by atoms with E-state index in [1.54, 1.807) is 6.92 Å². The summed E-state index contributed by atoms with van der Waals surface area (Å²) in [4.78, 5) is 0. The van der Waals surface area contributed by atoms with Gasteiger partial charge in [0, 0.05) is 0 Å². The Morgan fingerprint density at radius 2 is 1.24 bits per heavy atom. The van der Waals surface area contributed by atoms with Crippen molar-refractivity contribution in [1.29, 1.82) is 0 Å². The van der Waals surface area contributed by atoms with Crippen molar-refractivity contribution < 1.29 is 17.7 Å². The van der Waals surface area contributed by atoms with E-state index in [0.29, 0.717) is 0 Å². The second-order valence-electron chi connectivity index (χ2n) is 9.73. The third-order valence-electron chi connectivity index (χ3n) is 6.69. The summed E-state index contributed by atoms with van der Waals surface area (Å²) in [6.45, 7) is 7.69. The third kappa shape index (κ3) is 13.4. The molecule has 1 N–H and O–H groups in total. The summed E-state index contributed by atoms with van der Waals surface area (Å²) in [5.74, 6) is 0.757. The Morgan fingerprint density at radius 3 is 1.76 bits per heavy atom. The second-order valence-corrected chi connectivity index (χ2v) is 11.5. The molecule has 33 heavy (non-hydrogen) atoms. The van der Waals surface area contributed by atoms with Gasteiger partial charge in [-0.25, -0.2) is 0 Å². The molecule has 0 bridgehead atoms. The number of hydrogen-bond acceptors (Lipinski definition) is 3. The minimum Gasteiger partial charge on any atom is -0.489 e. The van der Waals surface area contributed by atoms with Crippen LogP contribution in [-0.2, 0) is 23.0 Å². The molecule has 0 aromatic heterocycles. The molecule has 0 radical (unpaired) electrons. The maximum atomic E-state index is 11.5. The Labute approximate surface area is 204 Å². The summed E-state index contributed by atoms with van der Waals surface area (Å²) in [5, 5.41) is -0.962. The van der Waals surface area contributed by atoms with Gasteiger partial charge in [0.2, 0.25) is 0 Å². The molecule has 0 fully saturated rings. The Bertz CT molecular complexity index is 729. The molecule has 1 rings (SSSR count). The van der Waals surface area contributed by atoms with Crippen LogP contribution in [0.5, 0.6) is 5.75 Å². The fraction of sp³-hybridized carbons (Fsp3) is 0.786. The lowest BCUT2D eigenvalue weighted by Gasteiger charge is -2.22. The van der Waals surface area contributed by atoms with Crippen LogP contribution in [0.1, 0.15) is 129 Å². The Hall–Kier alpha value is -1.07. The van der Waals surface area contributed by atoms with Gasteiger partial charge in [-0.15, -0.1) is 0 Å². The summed E-state index contributed by atoms with van der Waals surface area (Å²) in [5.41, 5.74) is 2.50. The molecule has 5 heteroatoms. The molecule has 0 aliphatic rings. The normalized spacial score (nSPS) is 13.7. The molecule has 2 atom stereocenters. The lowest BCUT2D eigenvalue weighted by atomic mass is 9.99. The molecule has 0 amide bonds. The van der Waals surface area contributed by atoms with Crippen molar-refractivity contribution in [3.8, 4) is 5.75 Å².